The third-order valence-electron chi connectivity index (χ3n) is 2.26. The Hall–Kier alpha value is -1.68. The molecule has 6 heteroatoms. The van der Waals surface area contributed by atoms with Crippen LogP contribution in [0.4, 0.5) is 0 Å². The molecular formula is C11H9O5P. The van der Waals surface area contributed by atoms with Gasteiger partial charge in [0.25, 0.3) is 0 Å². The highest BCUT2D eigenvalue weighted by atomic mass is 31.2. The third kappa shape index (κ3) is 2.53. The fourth-order valence-electron chi connectivity index (χ4n) is 1.61. The van der Waals surface area contributed by atoms with Gasteiger partial charge in [0.1, 0.15) is 5.75 Å². The van der Waals surface area contributed by atoms with Crippen LogP contribution in [0.25, 0.3) is 10.8 Å². The number of rotatable bonds is 3. The quantitative estimate of drug-likeness (QED) is 0.645. The maximum absolute atomic E-state index is 10.8. The molecule has 0 fully saturated rings. The zero-order valence-electron chi connectivity index (χ0n) is 8.61. The van der Waals surface area contributed by atoms with Gasteiger partial charge >= 0.3 is 7.82 Å². The van der Waals surface area contributed by atoms with E-state index in [0.29, 0.717) is 22.6 Å². The summed E-state index contributed by atoms with van der Waals surface area (Å²) in [5.41, 5.74) is 0.443. The average molecular weight is 252 g/mol. The maximum atomic E-state index is 10.8. The summed E-state index contributed by atoms with van der Waals surface area (Å²) in [5, 5.41) is 1.08. The minimum Gasteiger partial charge on any atom is -0.404 e. The Kier molecular flexibility index (Phi) is 2.98. The monoisotopic (exact) mass is 252 g/mol. The van der Waals surface area contributed by atoms with Crippen molar-refractivity contribution < 1.29 is 23.7 Å². The largest absolute Gasteiger partial charge is 0.524 e. The van der Waals surface area contributed by atoms with Gasteiger partial charge in [-0.15, -0.1) is 0 Å². The Morgan fingerprint density at radius 2 is 1.71 bits per heavy atom. The number of hydrogen-bond donors (Lipinski definition) is 2. The van der Waals surface area contributed by atoms with Gasteiger partial charge in [-0.3, -0.25) is 14.6 Å². The maximum Gasteiger partial charge on any atom is 0.524 e. The predicted molar refractivity (Wildman–Crippen MR) is 62.0 cm³/mol. The molecule has 0 amide bonds. The summed E-state index contributed by atoms with van der Waals surface area (Å²) in [6, 6.07) is 9.57. The van der Waals surface area contributed by atoms with Crippen molar-refractivity contribution >= 4 is 24.9 Å². The summed E-state index contributed by atoms with van der Waals surface area (Å²) in [6.07, 6.45) is 0.684. The van der Waals surface area contributed by atoms with Gasteiger partial charge in [-0.2, -0.15) is 0 Å². The molecule has 0 saturated heterocycles. The third-order valence-corrected chi connectivity index (χ3v) is 2.70. The molecule has 0 aliphatic heterocycles. The van der Waals surface area contributed by atoms with Crippen LogP contribution in [0.5, 0.6) is 5.75 Å². The Morgan fingerprint density at radius 3 is 2.29 bits per heavy atom. The lowest BCUT2D eigenvalue weighted by Gasteiger charge is -2.10. The molecule has 0 aliphatic carbocycles. The second-order valence-electron chi connectivity index (χ2n) is 3.40. The number of benzene rings is 2. The van der Waals surface area contributed by atoms with Crippen LogP contribution in [0, 0.1) is 0 Å². The van der Waals surface area contributed by atoms with Crippen LogP contribution < -0.4 is 4.52 Å². The molecule has 0 heterocycles. The first-order chi connectivity index (χ1) is 8.01. The molecule has 2 N–H and O–H groups in total. The minimum atomic E-state index is -4.60. The van der Waals surface area contributed by atoms with E-state index >= 15 is 0 Å². The van der Waals surface area contributed by atoms with Crippen molar-refractivity contribution in [3.05, 3.63) is 42.0 Å². The SMILES string of the molecule is O=Cc1ccc(OP(=O)(O)O)c2ccccc12. The van der Waals surface area contributed by atoms with Gasteiger partial charge in [-0.25, -0.2) is 4.57 Å². The molecule has 5 nitrogen and oxygen atoms in total. The van der Waals surface area contributed by atoms with Crippen LogP contribution >= 0.6 is 7.82 Å². The number of fused-ring (bicyclic) bond motifs is 1. The lowest BCUT2D eigenvalue weighted by atomic mass is 10.0. The molecule has 0 unspecified atom stereocenters. The van der Waals surface area contributed by atoms with E-state index in [-0.39, 0.29) is 5.75 Å². The number of carbonyl (C=O) groups is 1. The number of phosphoric ester groups is 1. The normalized spacial score (nSPS) is 11.4. The second kappa shape index (κ2) is 4.30. The molecule has 2 rings (SSSR count). The summed E-state index contributed by atoms with van der Waals surface area (Å²) in [4.78, 5) is 28.4. The zero-order valence-corrected chi connectivity index (χ0v) is 9.50. The first-order valence-corrected chi connectivity index (χ1v) is 6.26. The number of hydrogen-bond acceptors (Lipinski definition) is 3. The first kappa shape index (κ1) is 11.8. The molecule has 17 heavy (non-hydrogen) atoms. The van der Waals surface area contributed by atoms with Gasteiger partial charge in [-0.05, 0) is 17.5 Å². The molecule has 0 radical (unpaired) electrons. The Balaban J connectivity index is 2.66. The van der Waals surface area contributed by atoms with Crippen molar-refractivity contribution in [3.63, 3.8) is 0 Å². The summed E-state index contributed by atoms with van der Waals surface area (Å²) >= 11 is 0. The molecule has 0 spiro atoms. The van der Waals surface area contributed by atoms with Crippen molar-refractivity contribution in [2.24, 2.45) is 0 Å². The van der Waals surface area contributed by atoms with E-state index in [1.54, 1.807) is 24.3 Å². The molecule has 88 valence electrons. The topological polar surface area (TPSA) is 83.8 Å². The highest BCUT2D eigenvalue weighted by Crippen LogP contribution is 2.41. The Bertz CT molecular complexity index is 616. The fraction of sp³-hybridized carbons (Fsp3) is 0. The van der Waals surface area contributed by atoms with E-state index in [9.17, 15) is 9.36 Å². The van der Waals surface area contributed by atoms with Crippen LogP contribution in [-0.2, 0) is 4.57 Å². The molecule has 2 aromatic rings. The van der Waals surface area contributed by atoms with Gasteiger partial charge < -0.3 is 4.52 Å². The van der Waals surface area contributed by atoms with Gasteiger partial charge in [0.05, 0.1) is 0 Å². The standard InChI is InChI=1S/C11H9O5P/c12-7-8-5-6-11(16-17(13,14)15)10-4-2-1-3-9(8)10/h1-7H,(H2,13,14,15). The van der Waals surface area contributed by atoms with Gasteiger partial charge in [0.15, 0.2) is 6.29 Å². The molecule has 0 atom stereocenters. The van der Waals surface area contributed by atoms with Crippen LogP contribution in [0.2, 0.25) is 0 Å². The smallest absolute Gasteiger partial charge is 0.404 e. The van der Waals surface area contributed by atoms with Crippen LogP contribution in [0.1, 0.15) is 10.4 Å². The highest BCUT2D eigenvalue weighted by Gasteiger charge is 2.18. The Morgan fingerprint density at radius 1 is 1.06 bits per heavy atom. The average Bonchev–Trinajstić information content (AvgIpc) is 2.28. The van der Waals surface area contributed by atoms with E-state index in [1.165, 1.54) is 12.1 Å². The van der Waals surface area contributed by atoms with Gasteiger partial charge in [0, 0.05) is 10.9 Å². The molecule has 0 saturated carbocycles. The van der Waals surface area contributed by atoms with Crippen LogP contribution in [0.15, 0.2) is 36.4 Å². The summed E-state index contributed by atoms with van der Waals surface area (Å²) < 4.78 is 15.4. The molecule has 0 aromatic heterocycles. The van der Waals surface area contributed by atoms with Crippen molar-refractivity contribution in [1.29, 1.82) is 0 Å². The van der Waals surface area contributed by atoms with E-state index in [0.717, 1.165) is 0 Å². The lowest BCUT2D eigenvalue weighted by Crippen LogP contribution is -1.93. The van der Waals surface area contributed by atoms with Gasteiger partial charge in [-0.1, -0.05) is 24.3 Å². The van der Waals surface area contributed by atoms with Crippen LogP contribution in [-0.4, -0.2) is 16.1 Å². The van der Waals surface area contributed by atoms with E-state index in [1.807, 2.05) is 0 Å². The van der Waals surface area contributed by atoms with Crippen molar-refractivity contribution in [1.82, 2.24) is 0 Å². The van der Waals surface area contributed by atoms with Crippen molar-refractivity contribution in [2.75, 3.05) is 0 Å². The predicted octanol–water partition coefficient (Wildman–Crippen LogP) is 2.12. The summed E-state index contributed by atoms with van der Waals surface area (Å²) in [5.74, 6) is 0.0551. The van der Waals surface area contributed by atoms with Gasteiger partial charge in [0.2, 0.25) is 0 Å². The molecular weight excluding hydrogens is 243 g/mol. The van der Waals surface area contributed by atoms with E-state index < -0.39 is 7.82 Å². The fourth-order valence-corrected chi connectivity index (χ4v) is 2.02. The van der Waals surface area contributed by atoms with Crippen LogP contribution in [0.3, 0.4) is 0 Å². The Labute approximate surface area is 96.9 Å². The van der Waals surface area contributed by atoms with Crippen molar-refractivity contribution in [2.45, 2.75) is 0 Å². The number of carbonyl (C=O) groups excluding carboxylic acids is 1. The van der Waals surface area contributed by atoms with E-state index in [2.05, 4.69) is 4.52 Å². The lowest BCUT2D eigenvalue weighted by molar-refractivity contribution is 0.112. The van der Waals surface area contributed by atoms with E-state index in [4.69, 9.17) is 9.79 Å². The first-order valence-electron chi connectivity index (χ1n) is 4.73. The van der Waals surface area contributed by atoms with Crippen molar-refractivity contribution in [3.8, 4) is 5.75 Å². The minimum absolute atomic E-state index is 0.0551. The number of phosphoric acid groups is 1. The summed E-state index contributed by atoms with van der Waals surface area (Å²) in [7, 11) is -4.60. The summed E-state index contributed by atoms with van der Waals surface area (Å²) in [6.45, 7) is 0. The number of aldehydes is 1. The zero-order chi connectivity index (χ0) is 12.5. The molecule has 2 aromatic carbocycles. The molecule has 0 aliphatic rings. The second-order valence-corrected chi connectivity index (χ2v) is 4.56. The molecule has 0 bridgehead atoms. The highest BCUT2D eigenvalue weighted by molar-refractivity contribution is 7.46.